The molecule has 4 nitrogen and oxygen atoms in total. The quantitative estimate of drug-likeness (QED) is 0.806. The lowest BCUT2D eigenvalue weighted by molar-refractivity contribution is -0.168. The van der Waals surface area contributed by atoms with Gasteiger partial charge >= 0.3 is 0 Å². The Kier molecular flexibility index (Phi) is 4.84. The van der Waals surface area contributed by atoms with Crippen LogP contribution >= 0.6 is 0 Å². The fourth-order valence-corrected chi connectivity index (χ4v) is 1.91. The van der Waals surface area contributed by atoms with Gasteiger partial charge in [-0.25, -0.2) is 0 Å². The van der Waals surface area contributed by atoms with Crippen molar-refractivity contribution in [3.05, 3.63) is 23.8 Å². The van der Waals surface area contributed by atoms with Crippen LogP contribution in [0.3, 0.4) is 0 Å². The van der Waals surface area contributed by atoms with Gasteiger partial charge in [-0.15, -0.1) is 0 Å². The molecule has 2 rings (SSSR count). The molecule has 1 aromatic carbocycles. The lowest BCUT2D eigenvalue weighted by Gasteiger charge is -2.22. The average molecular weight is 251 g/mol. The third kappa shape index (κ3) is 3.62. The molecule has 1 heterocycles. The molecule has 0 amide bonds. The number of ether oxygens (including phenoxy) is 4. The summed E-state index contributed by atoms with van der Waals surface area (Å²) in [6.45, 7) is 1.28. The largest absolute Gasteiger partial charge is 0.496 e. The zero-order valence-corrected chi connectivity index (χ0v) is 10.9. The van der Waals surface area contributed by atoms with Crippen molar-refractivity contribution in [2.24, 2.45) is 0 Å². The predicted octanol–water partition coefficient (Wildman–Crippen LogP) is 2.55. The minimum atomic E-state index is -0.0834. The number of benzene rings is 1. The van der Waals surface area contributed by atoms with Gasteiger partial charge < -0.3 is 18.9 Å². The van der Waals surface area contributed by atoms with Crippen LogP contribution in [-0.4, -0.2) is 27.1 Å². The fraction of sp³-hybridized carbons (Fsp3) is 0.571. The molecule has 1 aromatic rings. The van der Waals surface area contributed by atoms with Gasteiger partial charge in [-0.1, -0.05) is 0 Å². The van der Waals surface area contributed by atoms with Crippen LogP contribution in [0, 0.1) is 6.07 Å². The Labute approximate surface area is 108 Å². The molecule has 4 heteroatoms. The van der Waals surface area contributed by atoms with E-state index in [0.29, 0.717) is 18.1 Å². The molecule has 1 saturated heterocycles. The second-order valence-corrected chi connectivity index (χ2v) is 4.23. The van der Waals surface area contributed by atoms with Crippen molar-refractivity contribution in [3.63, 3.8) is 0 Å². The van der Waals surface area contributed by atoms with Crippen molar-refractivity contribution in [1.82, 2.24) is 0 Å². The average Bonchev–Trinajstić information content (AvgIpc) is 2.45. The standard InChI is InChI=1S/C14H19O4/c1-15-12-7-11(8-13(9-12)16-2)10-18-14-5-3-4-6-17-14/h7-8,14H,3-6,10H2,1-2H3. The maximum atomic E-state index is 5.72. The Bertz CT molecular complexity index is 350. The highest BCUT2D eigenvalue weighted by Gasteiger charge is 2.14. The van der Waals surface area contributed by atoms with E-state index in [4.69, 9.17) is 18.9 Å². The van der Waals surface area contributed by atoms with Gasteiger partial charge in [-0.05, 0) is 37.0 Å². The lowest BCUT2D eigenvalue weighted by atomic mass is 10.2. The van der Waals surface area contributed by atoms with Crippen LogP contribution in [0.2, 0.25) is 0 Å². The Morgan fingerprint density at radius 3 is 2.50 bits per heavy atom. The van der Waals surface area contributed by atoms with Gasteiger partial charge in [-0.2, -0.15) is 0 Å². The highest BCUT2D eigenvalue weighted by molar-refractivity contribution is 5.36. The number of hydrogen-bond donors (Lipinski definition) is 0. The van der Waals surface area contributed by atoms with E-state index in [2.05, 4.69) is 6.07 Å². The zero-order valence-electron chi connectivity index (χ0n) is 10.9. The molecule has 0 aromatic heterocycles. The number of hydrogen-bond acceptors (Lipinski definition) is 4. The topological polar surface area (TPSA) is 36.9 Å². The van der Waals surface area contributed by atoms with Crippen LogP contribution in [0.1, 0.15) is 24.8 Å². The van der Waals surface area contributed by atoms with Crippen molar-refractivity contribution < 1.29 is 18.9 Å². The first kappa shape index (κ1) is 13.2. The van der Waals surface area contributed by atoms with E-state index < -0.39 is 0 Å². The van der Waals surface area contributed by atoms with Gasteiger partial charge in [0.25, 0.3) is 0 Å². The van der Waals surface area contributed by atoms with E-state index in [1.165, 1.54) is 6.42 Å². The third-order valence-electron chi connectivity index (χ3n) is 2.89. The third-order valence-corrected chi connectivity index (χ3v) is 2.89. The Hall–Kier alpha value is -1.26. The second kappa shape index (κ2) is 6.61. The van der Waals surface area contributed by atoms with E-state index in [1.54, 1.807) is 14.2 Å². The van der Waals surface area contributed by atoms with Crippen molar-refractivity contribution in [2.75, 3.05) is 20.8 Å². The van der Waals surface area contributed by atoms with Gasteiger partial charge in [0.15, 0.2) is 6.29 Å². The van der Waals surface area contributed by atoms with Crippen LogP contribution in [0.25, 0.3) is 0 Å². The molecule has 0 aliphatic carbocycles. The van der Waals surface area contributed by atoms with Crippen molar-refractivity contribution in [3.8, 4) is 11.5 Å². The molecular formula is C14H19O4. The van der Waals surface area contributed by atoms with Gasteiger partial charge in [0.1, 0.15) is 11.5 Å². The first-order valence-corrected chi connectivity index (χ1v) is 6.19. The minimum absolute atomic E-state index is 0.0834. The van der Waals surface area contributed by atoms with E-state index in [9.17, 15) is 0 Å². The van der Waals surface area contributed by atoms with Crippen LogP contribution in [-0.2, 0) is 16.1 Å². The van der Waals surface area contributed by atoms with E-state index in [1.807, 2.05) is 12.1 Å². The summed E-state index contributed by atoms with van der Waals surface area (Å²) >= 11 is 0. The zero-order chi connectivity index (χ0) is 12.8. The first-order valence-electron chi connectivity index (χ1n) is 6.19. The van der Waals surface area contributed by atoms with Gasteiger partial charge in [0, 0.05) is 6.61 Å². The van der Waals surface area contributed by atoms with Crippen LogP contribution in [0.5, 0.6) is 11.5 Å². The highest BCUT2D eigenvalue weighted by atomic mass is 16.7. The van der Waals surface area contributed by atoms with E-state index >= 15 is 0 Å². The molecular weight excluding hydrogens is 232 g/mol. The maximum Gasteiger partial charge on any atom is 0.158 e. The van der Waals surface area contributed by atoms with Crippen LogP contribution in [0.4, 0.5) is 0 Å². The van der Waals surface area contributed by atoms with E-state index in [0.717, 1.165) is 25.0 Å². The maximum absolute atomic E-state index is 5.72. The van der Waals surface area contributed by atoms with Crippen molar-refractivity contribution >= 4 is 0 Å². The molecule has 0 bridgehead atoms. The summed E-state index contributed by atoms with van der Waals surface area (Å²) in [7, 11) is 3.22. The van der Waals surface area contributed by atoms with Crippen molar-refractivity contribution in [1.29, 1.82) is 0 Å². The van der Waals surface area contributed by atoms with E-state index in [-0.39, 0.29) is 6.29 Å². The lowest BCUT2D eigenvalue weighted by Crippen LogP contribution is -2.22. The fourth-order valence-electron chi connectivity index (χ4n) is 1.91. The number of methoxy groups -OCH3 is 2. The Balaban J connectivity index is 1.94. The minimum Gasteiger partial charge on any atom is -0.496 e. The summed E-state index contributed by atoms with van der Waals surface area (Å²) in [6.07, 6.45) is 3.18. The normalized spacial score (nSPS) is 19.6. The summed E-state index contributed by atoms with van der Waals surface area (Å²) in [4.78, 5) is 0. The van der Waals surface area contributed by atoms with Crippen LogP contribution < -0.4 is 9.47 Å². The summed E-state index contributed by atoms with van der Waals surface area (Å²) in [5.74, 6) is 1.30. The molecule has 1 aliphatic heterocycles. The molecule has 0 saturated carbocycles. The molecule has 1 fully saturated rings. The Morgan fingerprint density at radius 1 is 1.22 bits per heavy atom. The second-order valence-electron chi connectivity index (χ2n) is 4.23. The van der Waals surface area contributed by atoms with Crippen molar-refractivity contribution in [2.45, 2.75) is 32.2 Å². The summed E-state index contributed by atoms with van der Waals surface area (Å²) in [5, 5.41) is 0. The van der Waals surface area contributed by atoms with Gasteiger partial charge in [0.2, 0.25) is 0 Å². The van der Waals surface area contributed by atoms with Gasteiger partial charge in [-0.3, -0.25) is 0 Å². The molecule has 1 unspecified atom stereocenters. The monoisotopic (exact) mass is 251 g/mol. The molecule has 1 atom stereocenters. The summed E-state index contributed by atoms with van der Waals surface area (Å²) in [6, 6.07) is 6.78. The summed E-state index contributed by atoms with van der Waals surface area (Å²) in [5.41, 5.74) is 0.997. The molecule has 18 heavy (non-hydrogen) atoms. The number of rotatable bonds is 5. The van der Waals surface area contributed by atoms with Gasteiger partial charge in [0.05, 0.1) is 26.9 Å². The molecule has 0 spiro atoms. The predicted molar refractivity (Wildman–Crippen MR) is 66.8 cm³/mol. The SMILES string of the molecule is COc1[c]c(OC)cc(COC2CCCCO2)c1. The van der Waals surface area contributed by atoms with Crippen LogP contribution in [0.15, 0.2) is 12.1 Å². The summed E-state index contributed by atoms with van der Waals surface area (Å²) < 4.78 is 21.6. The molecule has 1 radical (unpaired) electrons. The first-order chi connectivity index (χ1) is 8.81. The molecule has 99 valence electrons. The highest BCUT2D eigenvalue weighted by Crippen LogP contribution is 2.23. The molecule has 0 N–H and O–H groups in total. The molecule has 1 aliphatic rings. The smallest absolute Gasteiger partial charge is 0.158 e. The Morgan fingerprint density at radius 2 is 1.94 bits per heavy atom.